The topological polar surface area (TPSA) is 40.5 Å². The number of likely N-dealkylation sites (N-methyl/N-ethyl adjacent to an activating group) is 1. The maximum absolute atomic E-state index is 13.3. The molecule has 3 heteroatoms. The molecule has 1 aromatic carbocycles. The van der Waals surface area contributed by atoms with Crippen LogP contribution >= 0.6 is 0 Å². The molecule has 0 aliphatic carbocycles. The maximum Gasteiger partial charge on any atom is 0.225 e. The number of hydrogen-bond acceptors (Lipinski definition) is 2. The van der Waals surface area contributed by atoms with Crippen LogP contribution in [0.25, 0.3) is 0 Å². The molecule has 0 saturated heterocycles. The van der Waals surface area contributed by atoms with Gasteiger partial charge in [-0.15, -0.1) is 0 Å². The van der Waals surface area contributed by atoms with Gasteiger partial charge in [-0.25, -0.2) is 0 Å². The zero-order valence-corrected chi connectivity index (χ0v) is 19.4. The Morgan fingerprint density at radius 1 is 0.862 bits per heavy atom. The van der Waals surface area contributed by atoms with E-state index in [1.807, 2.05) is 44.3 Å². The number of carbonyl (C=O) groups excluding carboxylic acids is 1. The quantitative estimate of drug-likeness (QED) is 0.305. The minimum Gasteiger partial charge on any atom is -0.386 e. The Labute approximate surface area is 179 Å². The number of aliphatic hydroxyl groups excluding tert-OH is 1. The fourth-order valence-electron chi connectivity index (χ4n) is 4.01. The lowest BCUT2D eigenvalue weighted by molar-refractivity contribution is -0.139. The van der Waals surface area contributed by atoms with Crippen molar-refractivity contribution >= 4 is 5.91 Å². The fourth-order valence-corrected chi connectivity index (χ4v) is 4.01. The smallest absolute Gasteiger partial charge is 0.225 e. The summed E-state index contributed by atoms with van der Waals surface area (Å²) in [6.07, 6.45) is 13.7. The van der Waals surface area contributed by atoms with E-state index in [0.29, 0.717) is 0 Å². The lowest BCUT2D eigenvalue weighted by Gasteiger charge is -2.32. The molecule has 29 heavy (non-hydrogen) atoms. The number of carbonyl (C=O) groups is 1. The molecule has 1 amide bonds. The van der Waals surface area contributed by atoms with Crippen LogP contribution in [0.1, 0.15) is 109 Å². The van der Waals surface area contributed by atoms with Gasteiger partial charge in [0.1, 0.15) is 0 Å². The van der Waals surface area contributed by atoms with Crippen LogP contribution in [0.5, 0.6) is 0 Å². The molecule has 0 fully saturated rings. The van der Waals surface area contributed by atoms with Crippen LogP contribution in [0.3, 0.4) is 0 Å². The maximum atomic E-state index is 13.3. The van der Waals surface area contributed by atoms with Gasteiger partial charge in [-0.1, -0.05) is 108 Å². The van der Waals surface area contributed by atoms with Crippen LogP contribution in [-0.2, 0) is 4.79 Å². The Bertz CT molecular complexity index is 531. The molecular weight excluding hydrogens is 358 g/mol. The lowest BCUT2D eigenvalue weighted by atomic mass is 9.92. The summed E-state index contributed by atoms with van der Waals surface area (Å²) in [4.78, 5) is 15.1. The summed E-state index contributed by atoms with van der Waals surface area (Å²) < 4.78 is 0. The van der Waals surface area contributed by atoms with Crippen molar-refractivity contribution in [3.05, 3.63) is 35.9 Å². The SMILES string of the molecule is CCCCCCCC[C@H](CCCCCC)C(=O)N(C)[C@@H](C)[C@@H](O)c1ccccc1. The van der Waals surface area contributed by atoms with Gasteiger partial charge in [0.15, 0.2) is 0 Å². The third-order valence-corrected chi connectivity index (χ3v) is 6.22. The van der Waals surface area contributed by atoms with Crippen molar-refractivity contribution < 1.29 is 9.90 Å². The fraction of sp³-hybridized carbons (Fsp3) is 0.731. The number of benzene rings is 1. The van der Waals surface area contributed by atoms with Crippen molar-refractivity contribution in [2.75, 3.05) is 7.05 Å². The highest BCUT2D eigenvalue weighted by Gasteiger charge is 2.28. The van der Waals surface area contributed by atoms with Crippen molar-refractivity contribution in [3.8, 4) is 0 Å². The van der Waals surface area contributed by atoms with Gasteiger partial charge in [-0.05, 0) is 25.3 Å². The van der Waals surface area contributed by atoms with Crippen molar-refractivity contribution in [2.45, 2.75) is 110 Å². The highest BCUT2D eigenvalue weighted by Crippen LogP contribution is 2.25. The molecule has 3 nitrogen and oxygen atoms in total. The van der Waals surface area contributed by atoms with Gasteiger partial charge in [0.25, 0.3) is 0 Å². The number of unbranched alkanes of at least 4 members (excludes halogenated alkanes) is 8. The Kier molecular flexibility index (Phi) is 13.7. The molecule has 0 aliphatic heterocycles. The molecule has 1 aromatic rings. The first-order chi connectivity index (χ1) is 14.0. The molecule has 0 bridgehead atoms. The Morgan fingerprint density at radius 2 is 1.34 bits per heavy atom. The van der Waals surface area contributed by atoms with Crippen molar-refractivity contribution in [3.63, 3.8) is 0 Å². The molecule has 0 aliphatic rings. The van der Waals surface area contributed by atoms with E-state index in [2.05, 4.69) is 13.8 Å². The summed E-state index contributed by atoms with van der Waals surface area (Å²) >= 11 is 0. The Hall–Kier alpha value is -1.35. The zero-order chi connectivity index (χ0) is 21.5. The summed E-state index contributed by atoms with van der Waals surface area (Å²) in [7, 11) is 1.86. The summed E-state index contributed by atoms with van der Waals surface area (Å²) in [5, 5.41) is 10.7. The van der Waals surface area contributed by atoms with Gasteiger partial charge in [-0.2, -0.15) is 0 Å². The first-order valence-corrected chi connectivity index (χ1v) is 12.0. The molecule has 1 rings (SSSR count). The monoisotopic (exact) mass is 403 g/mol. The van der Waals surface area contributed by atoms with E-state index in [9.17, 15) is 9.90 Å². The summed E-state index contributed by atoms with van der Waals surface area (Å²) in [6, 6.07) is 9.44. The van der Waals surface area contributed by atoms with E-state index in [1.165, 1.54) is 51.4 Å². The second-order valence-corrected chi connectivity index (χ2v) is 8.65. The third-order valence-electron chi connectivity index (χ3n) is 6.22. The van der Waals surface area contributed by atoms with Crippen molar-refractivity contribution in [1.82, 2.24) is 4.90 Å². The first kappa shape index (κ1) is 25.7. The molecular formula is C26H45NO2. The van der Waals surface area contributed by atoms with E-state index in [0.717, 1.165) is 31.2 Å². The van der Waals surface area contributed by atoms with E-state index in [-0.39, 0.29) is 17.9 Å². The van der Waals surface area contributed by atoms with E-state index >= 15 is 0 Å². The van der Waals surface area contributed by atoms with Gasteiger partial charge >= 0.3 is 0 Å². The van der Waals surface area contributed by atoms with Crippen LogP contribution in [0, 0.1) is 5.92 Å². The zero-order valence-electron chi connectivity index (χ0n) is 19.4. The standard InChI is InChI=1S/C26H45NO2/c1-5-7-9-11-12-15-21-24(20-14-10-8-6-2)26(29)27(4)22(3)25(28)23-18-16-13-17-19-23/h13,16-19,22,24-25,28H,5-12,14-15,20-21H2,1-4H3/t22-,24-,25+/m0/s1. The third kappa shape index (κ3) is 9.80. The van der Waals surface area contributed by atoms with Crippen LogP contribution in [0.4, 0.5) is 0 Å². The predicted octanol–water partition coefficient (Wildman–Crippen LogP) is 6.90. The van der Waals surface area contributed by atoms with E-state index in [4.69, 9.17) is 0 Å². The van der Waals surface area contributed by atoms with Crippen LogP contribution in [0.2, 0.25) is 0 Å². The van der Waals surface area contributed by atoms with E-state index < -0.39 is 6.10 Å². The predicted molar refractivity (Wildman–Crippen MR) is 124 cm³/mol. The Balaban J connectivity index is 2.63. The van der Waals surface area contributed by atoms with Gasteiger partial charge < -0.3 is 10.0 Å². The van der Waals surface area contributed by atoms with Gasteiger partial charge in [0, 0.05) is 13.0 Å². The van der Waals surface area contributed by atoms with Crippen LogP contribution in [0.15, 0.2) is 30.3 Å². The normalized spacial score (nSPS) is 14.4. The highest BCUT2D eigenvalue weighted by molar-refractivity contribution is 5.79. The van der Waals surface area contributed by atoms with Crippen LogP contribution < -0.4 is 0 Å². The summed E-state index contributed by atoms with van der Waals surface area (Å²) in [6.45, 7) is 6.42. The minimum atomic E-state index is -0.653. The van der Waals surface area contributed by atoms with Crippen molar-refractivity contribution in [1.29, 1.82) is 0 Å². The molecule has 0 radical (unpaired) electrons. The molecule has 0 unspecified atom stereocenters. The Morgan fingerprint density at radius 3 is 1.90 bits per heavy atom. The second-order valence-electron chi connectivity index (χ2n) is 8.65. The first-order valence-electron chi connectivity index (χ1n) is 12.0. The highest BCUT2D eigenvalue weighted by atomic mass is 16.3. The average molecular weight is 404 g/mol. The number of aliphatic hydroxyl groups is 1. The van der Waals surface area contributed by atoms with Gasteiger partial charge in [0.05, 0.1) is 12.1 Å². The van der Waals surface area contributed by atoms with Crippen LogP contribution in [-0.4, -0.2) is 29.0 Å². The largest absolute Gasteiger partial charge is 0.386 e. The molecule has 1 N–H and O–H groups in total. The summed E-state index contributed by atoms with van der Waals surface area (Å²) in [5.74, 6) is 0.297. The lowest BCUT2D eigenvalue weighted by Crippen LogP contribution is -2.42. The molecule has 0 spiro atoms. The second kappa shape index (κ2) is 15.5. The van der Waals surface area contributed by atoms with Gasteiger partial charge in [-0.3, -0.25) is 4.79 Å². The van der Waals surface area contributed by atoms with Crippen molar-refractivity contribution in [2.24, 2.45) is 5.92 Å². The molecule has 0 heterocycles. The molecule has 166 valence electrons. The number of rotatable bonds is 16. The number of hydrogen-bond donors (Lipinski definition) is 1. The summed E-state index contributed by atoms with van der Waals surface area (Å²) in [5.41, 5.74) is 0.870. The average Bonchev–Trinajstić information content (AvgIpc) is 2.76. The molecule has 0 saturated carbocycles. The minimum absolute atomic E-state index is 0.0912. The van der Waals surface area contributed by atoms with Gasteiger partial charge in [0.2, 0.25) is 5.91 Å². The number of amides is 1. The molecule has 3 atom stereocenters. The van der Waals surface area contributed by atoms with E-state index in [1.54, 1.807) is 4.90 Å². The molecule has 0 aromatic heterocycles. The number of nitrogens with zero attached hydrogens (tertiary/aromatic N) is 1.